The highest BCUT2D eigenvalue weighted by Crippen LogP contribution is 2.15. The number of nitrogens with zero attached hydrogens (tertiary/aromatic N) is 2. The van der Waals surface area contributed by atoms with Crippen molar-refractivity contribution in [3.8, 4) is 5.75 Å². The Kier molecular flexibility index (Phi) is 8.54. The first-order chi connectivity index (χ1) is 15.1. The van der Waals surface area contributed by atoms with E-state index in [1.54, 1.807) is 12.1 Å². The molecule has 0 aliphatic carbocycles. The fourth-order valence-corrected chi connectivity index (χ4v) is 3.43. The fourth-order valence-electron chi connectivity index (χ4n) is 2.70. The van der Waals surface area contributed by atoms with Crippen molar-refractivity contribution in [3.05, 3.63) is 70.2 Å². The number of ether oxygens (including phenoxy) is 1. The maximum atomic E-state index is 12.2. The number of hydrogen-bond donors (Lipinski definition) is 2. The lowest BCUT2D eigenvalue weighted by molar-refractivity contribution is -0.121. The predicted molar refractivity (Wildman–Crippen MR) is 121 cm³/mol. The molecule has 2 N–H and O–H groups in total. The predicted octanol–water partition coefficient (Wildman–Crippen LogP) is 4.22. The summed E-state index contributed by atoms with van der Waals surface area (Å²) in [6, 6.07) is 16.9. The van der Waals surface area contributed by atoms with E-state index >= 15 is 0 Å². The Hall–Kier alpha value is -3.26. The van der Waals surface area contributed by atoms with Crippen LogP contribution in [0.3, 0.4) is 0 Å². The largest absolute Gasteiger partial charge is 0.494 e. The molecule has 2 amide bonds. The smallest absolute Gasteiger partial charge is 0.286 e. The van der Waals surface area contributed by atoms with Crippen molar-refractivity contribution in [2.45, 2.75) is 39.2 Å². The fraction of sp³-hybridized carbons (Fsp3) is 0.304. The maximum absolute atomic E-state index is 12.2. The first-order valence-electron chi connectivity index (χ1n) is 10.3. The van der Waals surface area contributed by atoms with Gasteiger partial charge in [-0.1, -0.05) is 55.0 Å². The summed E-state index contributed by atoms with van der Waals surface area (Å²) in [4.78, 5) is 24.4. The van der Waals surface area contributed by atoms with Gasteiger partial charge in [0.1, 0.15) is 10.8 Å². The zero-order valence-electron chi connectivity index (χ0n) is 17.5. The van der Waals surface area contributed by atoms with Crippen LogP contribution >= 0.6 is 11.3 Å². The van der Waals surface area contributed by atoms with Crippen LogP contribution in [0.5, 0.6) is 5.75 Å². The van der Waals surface area contributed by atoms with Gasteiger partial charge in [-0.15, -0.1) is 10.2 Å². The number of rotatable bonds is 11. The first-order valence-corrected chi connectivity index (χ1v) is 11.1. The summed E-state index contributed by atoms with van der Waals surface area (Å²) in [6.45, 7) is 3.30. The van der Waals surface area contributed by atoms with E-state index in [1.807, 2.05) is 42.5 Å². The number of anilines is 1. The molecule has 3 aromatic rings. The van der Waals surface area contributed by atoms with E-state index in [9.17, 15) is 9.59 Å². The molecule has 0 bridgehead atoms. The van der Waals surface area contributed by atoms with Crippen LogP contribution in [0, 0.1) is 0 Å². The van der Waals surface area contributed by atoms with E-state index < -0.39 is 0 Å². The molecule has 0 radical (unpaired) electrons. The monoisotopic (exact) mass is 438 g/mol. The molecule has 0 aliphatic rings. The third-order valence-corrected chi connectivity index (χ3v) is 5.42. The average Bonchev–Trinajstić information content (AvgIpc) is 3.27. The molecule has 0 saturated carbocycles. The maximum Gasteiger partial charge on any atom is 0.286 e. The van der Waals surface area contributed by atoms with Gasteiger partial charge in [0.15, 0.2) is 0 Å². The Labute approximate surface area is 185 Å². The van der Waals surface area contributed by atoms with Gasteiger partial charge in [0.2, 0.25) is 10.9 Å². The second-order valence-corrected chi connectivity index (χ2v) is 8.01. The van der Waals surface area contributed by atoms with Gasteiger partial charge in [-0.2, -0.15) is 0 Å². The molecule has 0 fully saturated rings. The summed E-state index contributed by atoms with van der Waals surface area (Å²) in [6.07, 6.45) is 2.86. The number of para-hydroxylation sites is 1. The summed E-state index contributed by atoms with van der Waals surface area (Å²) >= 11 is 1.20. The molecule has 1 aromatic heterocycles. The van der Waals surface area contributed by atoms with E-state index in [1.165, 1.54) is 11.3 Å². The van der Waals surface area contributed by atoms with Gasteiger partial charge in [0.05, 0.1) is 6.61 Å². The SMILES string of the molecule is CCCCOc1ccc(CNC(=O)CCc2nnc(C(=O)Nc3ccccc3)s2)cc1. The van der Waals surface area contributed by atoms with Crippen LogP contribution in [0.4, 0.5) is 5.69 Å². The number of carbonyl (C=O) groups excluding carboxylic acids is 2. The number of unbranched alkanes of at least 4 members (excludes halogenated alkanes) is 1. The van der Waals surface area contributed by atoms with Crippen molar-refractivity contribution in [1.29, 1.82) is 0 Å². The molecule has 2 aromatic carbocycles. The van der Waals surface area contributed by atoms with Gasteiger partial charge in [0.25, 0.3) is 5.91 Å². The Bertz CT molecular complexity index is 974. The second kappa shape index (κ2) is 11.8. The minimum atomic E-state index is -0.304. The standard InChI is InChI=1S/C23H26N4O3S/c1-2-3-15-30-19-11-9-17(10-12-19)16-24-20(28)13-14-21-26-27-23(31-21)22(29)25-18-7-5-4-6-8-18/h4-12H,2-3,13-16H2,1H3,(H,24,28)(H,25,29). The molecule has 0 unspecified atom stereocenters. The van der Waals surface area contributed by atoms with Gasteiger partial charge >= 0.3 is 0 Å². The molecular formula is C23H26N4O3S. The summed E-state index contributed by atoms with van der Waals surface area (Å²) in [5, 5.41) is 14.6. The van der Waals surface area contributed by atoms with E-state index in [4.69, 9.17) is 4.74 Å². The van der Waals surface area contributed by atoms with Crippen molar-refractivity contribution in [3.63, 3.8) is 0 Å². The molecule has 0 saturated heterocycles. The molecule has 8 heteroatoms. The summed E-state index contributed by atoms with van der Waals surface area (Å²) in [5.74, 6) is 0.460. The zero-order valence-corrected chi connectivity index (χ0v) is 18.3. The minimum Gasteiger partial charge on any atom is -0.494 e. The van der Waals surface area contributed by atoms with Crippen LogP contribution in [0.15, 0.2) is 54.6 Å². The van der Waals surface area contributed by atoms with Crippen LogP contribution in [0.2, 0.25) is 0 Å². The van der Waals surface area contributed by atoms with Crippen LogP contribution in [-0.4, -0.2) is 28.6 Å². The van der Waals surface area contributed by atoms with E-state index in [0.29, 0.717) is 30.3 Å². The van der Waals surface area contributed by atoms with Crippen molar-refractivity contribution in [2.24, 2.45) is 0 Å². The Morgan fingerprint density at radius 2 is 1.81 bits per heavy atom. The molecule has 1 heterocycles. The molecule has 162 valence electrons. The third kappa shape index (κ3) is 7.49. The first kappa shape index (κ1) is 22.4. The quantitative estimate of drug-likeness (QED) is 0.437. The van der Waals surface area contributed by atoms with Crippen LogP contribution in [0.25, 0.3) is 0 Å². The van der Waals surface area contributed by atoms with E-state index in [-0.39, 0.29) is 23.2 Å². The second-order valence-electron chi connectivity index (χ2n) is 6.94. The number of nitrogens with one attached hydrogen (secondary N) is 2. The Morgan fingerprint density at radius 1 is 1.03 bits per heavy atom. The van der Waals surface area contributed by atoms with Crippen molar-refractivity contribution in [1.82, 2.24) is 15.5 Å². The highest BCUT2D eigenvalue weighted by molar-refractivity contribution is 7.13. The molecule has 0 spiro atoms. The zero-order chi connectivity index (χ0) is 21.9. The Balaban J connectivity index is 1.39. The number of carbonyl (C=O) groups is 2. The molecule has 0 aliphatic heterocycles. The molecule has 31 heavy (non-hydrogen) atoms. The lowest BCUT2D eigenvalue weighted by Gasteiger charge is -2.07. The Morgan fingerprint density at radius 3 is 2.55 bits per heavy atom. The number of benzene rings is 2. The van der Waals surface area contributed by atoms with Crippen molar-refractivity contribution < 1.29 is 14.3 Å². The average molecular weight is 439 g/mol. The topological polar surface area (TPSA) is 93.2 Å². The molecule has 3 rings (SSSR count). The highest BCUT2D eigenvalue weighted by Gasteiger charge is 2.14. The lowest BCUT2D eigenvalue weighted by atomic mass is 10.2. The lowest BCUT2D eigenvalue weighted by Crippen LogP contribution is -2.22. The van der Waals surface area contributed by atoms with Gasteiger partial charge in [-0.25, -0.2) is 0 Å². The van der Waals surface area contributed by atoms with Crippen molar-refractivity contribution in [2.75, 3.05) is 11.9 Å². The van der Waals surface area contributed by atoms with E-state index in [0.717, 1.165) is 24.2 Å². The van der Waals surface area contributed by atoms with Gasteiger partial charge in [-0.05, 0) is 36.2 Å². The van der Waals surface area contributed by atoms with Gasteiger partial charge in [0, 0.05) is 25.1 Å². The molecule has 7 nitrogen and oxygen atoms in total. The number of amides is 2. The van der Waals surface area contributed by atoms with Gasteiger partial charge in [-0.3, -0.25) is 9.59 Å². The van der Waals surface area contributed by atoms with E-state index in [2.05, 4.69) is 27.8 Å². The highest BCUT2D eigenvalue weighted by atomic mass is 32.1. The number of hydrogen-bond acceptors (Lipinski definition) is 6. The minimum absolute atomic E-state index is 0.0752. The summed E-state index contributed by atoms with van der Waals surface area (Å²) in [7, 11) is 0. The summed E-state index contributed by atoms with van der Waals surface area (Å²) < 4.78 is 5.64. The summed E-state index contributed by atoms with van der Waals surface area (Å²) in [5.41, 5.74) is 1.70. The number of aromatic nitrogens is 2. The molecular weight excluding hydrogens is 412 g/mol. The van der Waals surface area contributed by atoms with Crippen LogP contribution < -0.4 is 15.4 Å². The van der Waals surface area contributed by atoms with Crippen LogP contribution in [0.1, 0.15) is 46.6 Å². The normalized spacial score (nSPS) is 10.5. The number of aryl methyl sites for hydroxylation is 1. The van der Waals surface area contributed by atoms with Crippen molar-refractivity contribution >= 4 is 28.8 Å². The third-order valence-electron chi connectivity index (χ3n) is 4.44. The van der Waals surface area contributed by atoms with Crippen LogP contribution in [-0.2, 0) is 17.8 Å². The molecule has 0 atom stereocenters. The van der Waals surface area contributed by atoms with Gasteiger partial charge < -0.3 is 15.4 Å².